The molecule has 1 amide bonds. The molecule has 0 bridgehead atoms. The first-order chi connectivity index (χ1) is 17.7. The Bertz CT molecular complexity index is 1460. The Morgan fingerprint density at radius 3 is 2.37 bits per heavy atom. The molecule has 9 nitrogen and oxygen atoms in total. The first-order valence-corrected chi connectivity index (χ1v) is 13.6. The SMILES string of the molecule is C=C(C)c1ccc(C)c(C)c1[C@@H](C)[C@@H](c1nn[nH]n1)N(C)S(=O)(=O)c1ccc(Cl)c([C@H](F)C(=O)N(C)C)c1. The van der Waals surface area contributed by atoms with Gasteiger partial charge in [-0.2, -0.15) is 9.52 Å². The topological polar surface area (TPSA) is 112 Å². The lowest BCUT2D eigenvalue weighted by Gasteiger charge is -2.32. The van der Waals surface area contributed by atoms with Crippen LogP contribution in [0, 0.1) is 13.8 Å². The summed E-state index contributed by atoms with van der Waals surface area (Å²) in [6.07, 6.45) is -2.13. The number of aromatic amines is 1. The summed E-state index contributed by atoms with van der Waals surface area (Å²) in [4.78, 5) is 13.1. The minimum Gasteiger partial charge on any atom is -0.346 e. The molecular formula is C26H32ClFN6O3S. The minimum atomic E-state index is -4.25. The predicted molar refractivity (Wildman–Crippen MR) is 145 cm³/mol. The molecule has 0 saturated heterocycles. The van der Waals surface area contributed by atoms with Crippen molar-refractivity contribution >= 4 is 33.1 Å². The van der Waals surface area contributed by atoms with Crippen molar-refractivity contribution < 1.29 is 17.6 Å². The summed E-state index contributed by atoms with van der Waals surface area (Å²) in [5.41, 5.74) is 4.43. The molecule has 204 valence electrons. The van der Waals surface area contributed by atoms with Gasteiger partial charge in [0.2, 0.25) is 16.2 Å². The second kappa shape index (κ2) is 11.3. The van der Waals surface area contributed by atoms with E-state index < -0.39 is 34.1 Å². The zero-order valence-electron chi connectivity index (χ0n) is 22.5. The number of carbonyl (C=O) groups excluding carboxylic acids is 1. The van der Waals surface area contributed by atoms with Gasteiger partial charge in [-0.25, -0.2) is 12.8 Å². The maximum absolute atomic E-state index is 15.0. The number of aryl methyl sites for hydroxylation is 1. The van der Waals surface area contributed by atoms with Gasteiger partial charge in [0, 0.05) is 37.6 Å². The molecule has 0 radical (unpaired) electrons. The first-order valence-electron chi connectivity index (χ1n) is 11.8. The molecule has 12 heteroatoms. The molecule has 38 heavy (non-hydrogen) atoms. The van der Waals surface area contributed by atoms with Gasteiger partial charge in [-0.3, -0.25) is 4.79 Å². The molecule has 0 aliphatic heterocycles. The van der Waals surface area contributed by atoms with Gasteiger partial charge in [-0.15, -0.1) is 10.2 Å². The highest BCUT2D eigenvalue weighted by Crippen LogP contribution is 2.41. The first kappa shape index (κ1) is 29.4. The molecule has 1 N–H and O–H groups in total. The molecule has 0 aliphatic rings. The van der Waals surface area contributed by atoms with Gasteiger partial charge in [0.15, 0.2) is 5.82 Å². The average molecular weight is 563 g/mol. The maximum Gasteiger partial charge on any atom is 0.261 e. The summed E-state index contributed by atoms with van der Waals surface area (Å²) in [5, 5.41) is 14.2. The molecule has 1 aromatic heterocycles. The molecule has 0 fully saturated rings. The van der Waals surface area contributed by atoms with Gasteiger partial charge in [-0.1, -0.05) is 48.0 Å². The molecule has 2 aromatic carbocycles. The van der Waals surface area contributed by atoms with Crippen LogP contribution in [0.15, 0.2) is 41.8 Å². The minimum absolute atomic E-state index is 0.0566. The number of hydrogen-bond donors (Lipinski definition) is 1. The van der Waals surface area contributed by atoms with Gasteiger partial charge in [0.25, 0.3) is 5.91 Å². The number of benzene rings is 2. The number of nitrogens with one attached hydrogen (secondary N) is 1. The number of halogens is 2. The van der Waals surface area contributed by atoms with Crippen molar-refractivity contribution in [1.29, 1.82) is 0 Å². The lowest BCUT2D eigenvalue weighted by molar-refractivity contribution is -0.134. The second-order valence-electron chi connectivity index (χ2n) is 9.55. The van der Waals surface area contributed by atoms with E-state index in [1.54, 1.807) is 0 Å². The number of amides is 1. The fraction of sp³-hybridized carbons (Fsp3) is 0.385. The summed E-state index contributed by atoms with van der Waals surface area (Å²) in [6, 6.07) is 6.71. The smallest absolute Gasteiger partial charge is 0.261 e. The Morgan fingerprint density at radius 2 is 1.82 bits per heavy atom. The van der Waals surface area contributed by atoms with Gasteiger partial charge in [-0.05, 0) is 61.2 Å². The number of H-pyrrole nitrogens is 1. The Morgan fingerprint density at radius 1 is 1.16 bits per heavy atom. The largest absolute Gasteiger partial charge is 0.346 e. The van der Waals surface area contributed by atoms with Crippen LogP contribution in [-0.4, -0.2) is 65.3 Å². The van der Waals surface area contributed by atoms with Crippen LogP contribution in [0.5, 0.6) is 0 Å². The molecule has 1 heterocycles. The van der Waals surface area contributed by atoms with E-state index in [0.717, 1.165) is 43.1 Å². The normalized spacial score (nSPS) is 14.3. The van der Waals surface area contributed by atoms with Crippen molar-refractivity contribution in [2.24, 2.45) is 0 Å². The quantitative estimate of drug-likeness (QED) is 0.402. The highest BCUT2D eigenvalue weighted by atomic mass is 35.5. The number of allylic oxidation sites excluding steroid dienone is 1. The molecular weight excluding hydrogens is 531 g/mol. The third-order valence-electron chi connectivity index (χ3n) is 6.77. The summed E-state index contributed by atoms with van der Waals surface area (Å²) in [6.45, 7) is 11.8. The molecule has 0 spiro atoms. The van der Waals surface area contributed by atoms with E-state index in [-0.39, 0.29) is 21.3 Å². The Kier molecular flexibility index (Phi) is 8.75. The third kappa shape index (κ3) is 5.50. The van der Waals surface area contributed by atoms with E-state index in [2.05, 4.69) is 27.2 Å². The van der Waals surface area contributed by atoms with Crippen LogP contribution in [0.1, 0.15) is 65.6 Å². The Balaban J connectivity index is 2.16. The number of likely N-dealkylation sites (N-methyl/N-ethyl adjacent to an activating group) is 2. The summed E-state index contributed by atoms with van der Waals surface area (Å²) < 4.78 is 44.0. The standard InChI is InChI=1S/C26H32ClFN6O3S/c1-14(2)19-11-9-15(3)16(4)22(19)17(5)24(25-29-31-32-30-25)34(8)38(36,37)18-10-12-21(27)20(13-18)23(28)26(35)33(6)7/h9-13,17,23-24H,1H2,2-8H3,(H,29,30,31,32)/t17-,23+,24+/m1/s1. The van der Waals surface area contributed by atoms with E-state index in [1.165, 1.54) is 33.3 Å². The fourth-order valence-electron chi connectivity index (χ4n) is 4.50. The van der Waals surface area contributed by atoms with Crippen molar-refractivity contribution in [2.45, 2.75) is 50.7 Å². The van der Waals surface area contributed by atoms with E-state index in [9.17, 15) is 13.2 Å². The van der Waals surface area contributed by atoms with E-state index in [1.807, 2.05) is 39.8 Å². The number of aromatic nitrogens is 4. The number of rotatable bonds is 9. The average Bonchev–Trinajstić information content (AvgIpc) is 3.38. The molecule has 3 atom stereocenters. The third-order valence-corrected chi connectivity index (χ3v) is 8.95. The Hall–Kier alpha value is -3.15. The maximum atomic E-state index is 15.0. The van der Waals surface area contributed by atoms with Crippen molar-refractivity contribution in [1.82, 2.24) is 29.8 Å². The van der Waals surface area contributed by atoms with Crippen LogP contribution < -0.4 is 0 Å². The number of sulfonamides is 1. The molecule has 0 aliphatic carbocycles. The summed E-state index contributed by atoms with van der Waals surface area (Å²) >= 11 is 6.16. The summed E-state index contributed by atoms with van der Waals surface area (Å²) in [5.74, 6) is -1.12. The highest BCUT2D eigenvalue weighted by Gasteiger charge is 2.38. The number of alkyl halides is 1. The van der Waals surface area contributed by atoms with Gasteiger partial charge >= 0.3 is 0 Å². The van der Waals surface area contributed by atoms with Crippen LogP contribution in [0.2, 0.25) is 5.02 Å². The highest BCUT2D eigenvalue weighted by molar-refractivity contribution is 7.89. The molecule has 3 aromatic rings. The fourth-order valence-corrected chi connectivity index (χ4v) is 6.14. The van der Waals surface area contributed by atoms with Crippen molar-refractivity contribution in [3.05, 3.63) is 75.6 Å². The second-order valence-corrected chi connectivity index (χ2v) is 12.0. The predicted octanol–water partition coefficient (Wildman–Crippen LogP) is 4.77. The number of carbonyl (C=O) groups is 1. The van der Waals surface area contributed by atoms with Gasteiger partial charge in [0.1, 0.15) is 0 Å². The van der Waals surface area contributed by atoms with Crippen LogP contribution in [0.4, 0.5) is 4.39 Å². The van der Waals surface area contributed by atoms with Crippen LogP contribution in [0.25, 0.3) is 5.57 Å². The number of hydrogen-bond acceptors (Lipinski definition) is 6. The van der Waals surface area contributed by atoms with Crippen LogP contribution in [-0.2, 0) is 14.8 Å². The van der Waals surface area contributed by atoms with E-state index in [4.69, 9.17) is 11.6 Å². The zero-order chi connectivity index (χ0) is 28.5. The van der Waals surface area contributed by atoms with E-state index in [0.29, 0.717) is 0 Å². The van der Waals surface area contributed by atoms with Crippen molar-refractivity contribution in [3.63, 3.8) is 0 Å². The Labute approximate surface area is 227 Å². The van der Waals surface area contributed by atoms with E-state index >= 15 is 4.39 Å². The molecule has 0 unspecified atom stereocenters. The number of tetrazole rings is 1. The monoisotopic (exact) mass is 562 g/mol. The summed E-state index contributed by atoms with van der Waals surface area (Å²) in [7, 11) is -0.0389. The zero-order valence-corrected chi connectivity index (χ0v) is 24.0. The van der Waals surface area contributed by atoms with Gasteiger partial charge < -0.3 is 4.90 Å². The van der Waals surface area contributed by atoms with Crippen molar-refractivity contribution in [3.8, 4) is 0 Å². The van der Waals surface area contributed by atoms with Gasteiger partial charge in [0.05, 0.1) is 10.9 Å². The van der Waals surface area contributed by atoms with Crippen molar-refractivity contribution in [2.75, 3.05) is 21.1 Å². The molecule has 0 saturated carbocycles. The molecule has 3 rings (SSSR count). The van der Waals surface area contributed by atoms with Crippen LogP contribution >= 0.6 is 11.6 Å². The number of nitrogens with zero attached hydrogens (tertiary/aromatic N) is 5. The lowest BCUT2D eigenvalue weighted by atomic mass is 9.83. The lowest BCUT2D eigenvalue weighted by Crippen LogP contribution is -2.35. The van der Waals surface area contributed by atoms with Crippen LogP contribution in [0.3, 0.4) is 0 Å².